The Bertz CT molecular complexity index is 371. The number of nitrogens with zero attached hydrogens (tertiary/aromatic N) is 1. The molecule has 0 aliphatic carbocycles. The first-order chi connectivity index (χ1) is 9.21. The summed E-state index contributed by atoms with van der Waals surface area (Å²) in [4.78, 5) is 2.36. The molecule has 108 valence electrons. The summed E-state index contributed by atoms with van der Waals surface area (Å²) in [5.74, 6) is 2.09. The van der Waals surface area contributed by atoms with Gasteiger partial charge in [0.05, 0.1) is 6.54 Å². The first-order valence-corrected chi connectivity index (χ1v) is 7.33. The maximum atomic E-state index is 5.85. The van der Waals surface area contributed by atoms with Crippen molar-refractivity contribution in [3.8, 4) is 0 Å². The Balaban J connectivity index is 2.57. The van der Waals surface area contributed by atoms with E-state index in [0.29, 0.717) is 0 Å². The van der Waals surface area contributed by atoms with Crippen LogP contribution < -0.4 is 5.32 Å². The van der Waals surface area contributed by atoms with E-state index in [4.69, 9.17) is 4.42 Å². The van der Waals surface area contributed by atoms with Crippen LogP contribution in [0.1, 0.15) is 43.8 Å². The molecule has 0 radical (unpaired) electrons. The second-order valence-electron chi connectivity index (χ2n) is 4.99. The summed E-state index contributed by atoms with van der Waals surface area (Å²) in [6.07, 6.45) is 4.26. The predicted molar refractivity (Wildman–Crippen MR) is 81.2 cm³/mol. The van der Waals surface area contributed by atoms with Gasteiger partial charge in [-0.2, -0.15) is 0 Å². The molecular weight excluding hydrogens is 236 g/mol. The SMILES string of the molecule is C=CCN(CCC)Cc1cc(CNCCC)c(C)o1. The minimum Gasteiger partial charge on any atom is -0.465 e. The average molecular weight is 264 g/mol. The van der Waals surface area contributed by atoms with Crippen molar-refractivity contribution in [2.75, 3.05) is 19.6 Å². The van der Waals surface area contributed by atoms with Gasteiger partial charge in [0.15, 0.2) is 0 Å². The summed E-state index contributed by atoms with van der Waals surface area (Å²) in [7, 11) is 0. The molecule has 1 aromatic heterocycles. The summed E-state index contributed by atoms with van der Waals surface area (Å²) >= 11 is 0. The average Bonchev–Trinajstić information content (AvgIpc) is 2.71. The number of furan rings is 1. The highest BCUT2D eigenvalue weighted by Gasteiger charge is 2.10. The predicted octanol–water partition coefficient (Wildman–Crippen LogP) is 3.49. The van der Waals surface area contributed by atoms with Gasteiger partial charge in [-0.05, 0) is 38.9 Å². The van der Waals surface area contributed by atoms with E-state index < -0.39 is 0 Å². The standard InChI is InChI=1S/C16H28N2O/c1-5-8-17-12-15-11-16(19-14(15)4)13-18(9-6-2)10-7-3/h6,11,17H,2,5,7-10,12-13H2,1,3-4H3. The molecule has 0 saturated heterocycles. The molecule has 0 saturated carbocycles. The summed E-state index contributed by atoms with van der Waals surface area (Å²) in [5, 5.41) is 3.42. The third kappa shape index (κ3) is 5.62. The molecule has 1 aromatic rings. The molecule has 0 unspecified atom stereocenters. The maximum Gasteiger partial charge on any atom is 0.118 e. The molecule has 0 aliphatic rings. The van der Waals surface area contributed by atoms with Gasteiger partial charge in [0.25, 0.3) is 0 Å². The lowest BCUT2D eigenvalue weighted by molar-refractivity contribution is 0.266. The second-order valence-corrected chi connectivity index (χ2v) is 4.99. The monoisotopic (exact) mass is 264 g/mol. The number of hydrogen-bond acceptors (Lipinski definition) is 3. The lowest BCUT2D eigenvalue weighted by Crippen LogP contribution is -2.23. The van der Waals surface area contributed by atoms with Gasteiger partial charge >= 0.3 is 0 Å². The van der Waals surface area contributed by atoms with Crippen molar-refractivity contribution >= 4 is 0 Å². The first kappa shape index (κ1) is 16.0. The quantitative estimate of drug-likeness (QED) is 0.518. The lowest BCUT2D eigenvalue weighted by Gasteiger charge is -2.17. The zero-order valence-corrected chi connectivity index (χ0v) is 12.7. The molecule has 3 nitrogen and oxygen atoms in total. The minimum atomic E-state index is 0.870. The highest BCUT2D eigenvalue weighted by atomic mass is 16.3. The number of nitrogens with one attached hydrogen (secondary N) is 1. The van der Waals surface area contributed by atoms with Crippen molar-refractivity contribution in [2.45, 2.75) is 46.7 Å². The molecule has 0 aromatic carbocycles. The third-order valence-corrected chi connectivity index (χ3v) is 3.12. The van der Waals surface area contributed by atoms with Crippen LogP contribution in [0.15, 0.2) is 23.1 Å². The van der Waals surface area contributed by atoms with Crippen LogP contribution >= 0.6 is 0 Å². The Hall–Kier alpha value is -1.06. The van der Waals surface area contributed by atoms with Gasteiger partial charge in [-0.1, -0.05) is 19.9 Å². The van der Waals surface area contributed by atoms with Crippen molar-refractivity contribution in [2.24, 2.45) is 0 Å². The van der Waals surface area contributed by atoms with Crippen LogP contribution in [0, 0.1) is 6.92 Å². The van der Waals surface area contributed by atoms with Crippen LogP contribution in [0.3, 0.4) is 0 Å². The van der Waals surface area contributed by atoms with Crippen molar-refractivity contribution in [3.63, 3.8) is 0 Å². The second kappa shape index (κ2) is 8.94. The smallest absolute Gasteiger partial charge is 0.118 e. The lowest BCUT2D eigenvalue weighted by atomic mass is 10.2. The zero-order valence-electron chi connectivity index (χ0n) is 12.7. The van der Waals surface area contributed by atoms with Crippen molar-refractivity contribution in [3.05, 3.63) is 35.8 Å². The van der Waals surface area contributed by atoms with Gasteiger partial charge in [0, 0.05) is 18.7 Å². The molecular formula is C16H28N2O. The molecule has 0 bridgehead atoms. The molecule has 0 spiro atoms. The van der Waals surface area contributed by atoms with Gasteiger partial charge in [0.1, 0.15) is 11.5 Å². The fraction of sp³-hybridized carbons (Fsp3) is 0.625. The molecule has 0 aliphatic heterocycles. The van der Waals surface area contributed by atoms with Gasteiger partial charge in [-0.25, -0.2) is 0 Å². The molecule has 0 fully saturated rings. The summed E-state index contributed by atoms with van der Waals surface area (Å²) in [6, 6.07) is 2.18. The summed E-state index contributed by atoms with van der Waals surface area (Å²) in [5.41, 5.74) is 1.28. The molecule has 0 atom stereocenters. The van der Waals surface area contributed by atoms with Crippen LogP contribution in [0.4, 0.5) is 0 Å². The number of aryl methyl sites for hydroxylation is 1. The van der Waals surface area contributed by atoms with Crippen LogP contribution in [0.25, 0.3) is 0 Å². The van der Waals surface area contributed by atoms with E-state index in [1.54, 1.807) is 0 Å². The van der Waals surface area contributed by atoms with Crippen LogP contribution in [0.2, 0.25) is 0 Å². The Kier molecular flexibility index (Phi) is 7.53. The highest BCUT2D eigenvalue weighted by Crippen LogP contribution is 2.16. The first-order valence-electron chi connectivity index (χ1n) is 7.33. The van der Waals surface area contributed by atoms with Gasteiger partial charge < -0.3 is 9.73 Å². The molecule has 19 heavy (non-hydrogen) atoms. The van der Waals surface area contributed by atoms with E-state index in [9.17, 15) is 0 Å². The van der Waals surface area contributed by atoms with Gasteiger partial charge in [-0.3, -0.25) is 4.90 Å². The van der Waals surface area contributed by atoms with E-state index in [0.717, 1.165) is 57.1 Å². The molecule has 1 rings (SSSR count). The Morgan fingerprint density at radius 1 is 1.37 bits per heavy atom. The normalized spacial score (nSPS) is 11.2. The molecule has 1 N–H and O–H groups in total. The highest BCUT2D eigenvalue weighted by molar-refractivity contribution is 5.20. The molecule has 0 amide bonds. The van der Waals surface area contributed by atoms with Crippen molar-refractivity contribution in [1.29, 1.82) is 0 Å². The van der Waals surface area contributed by atoms with Crippen molar-refractivity contribution in [1.82, 2.24) is 10.2 Å². The number of rotatable bonds is 10. The van der Waals surface area contributed by atoms with Gasteiger partial charge in [0.2, 0.25) is 0 Å². The number of hydrogen-bond donors (Lipinski definition) is 1. The Morgan fingerprint density at radius 3 is 2.79 bits per heavy atom. The fourth-order valence-electron chi connectivity index (χ4n) is 2.19. The largest absolute Gasteiger partial charge is 0.465 e. The third-order valence-electron chi connectivity index (χ3n) is 3.12. The van der Waals surface area contributed by atoms with Crippen molar-refractivity contribution < 1.29 is 4.42 Å². The van der Waals surface area contributed by atoms with E-state index >= 15 is 0 Å². The van der Waals surface area contributed by atoms with E-state index in [2.05, 4.69) is 36.7 Å². The van der Waals surface area contributed by atoms with Crippen LogP contribution in [0.5, 0.6) is 0 Å². The van der Waals surface area contributed by atoms with E-state index in [1.165, 1.54) is 5.56 Å². The Morgan fingerprint density at radius 2 is 2.16 bits per heavy atom. The molecule has 3 heteroatoms. The Labute approximate surface area is 117 Å². The summed E-state index contributed by atoms with van der Waals surface area (Å²) in [6.45, 7) is 15.1. The van der Waals surface area contributed by atoms with E-state index in [1.807, 2.05) is 13.0 Å². The van der Waals surface area contributed by atoms with Gasteiger partial charge in [-0.15, -0.1) is 6.58 Å². The van der Waals surface area contributed by atoms with Crippen LogP contribution in [-0.2, 0) is 13.1 Å². The summed E-state index contributed by atoms with van der Waals surface area (Å²) < 4.78 is 5.85. The van der Waals surface area contributed by atoms with Crippen LogP contribution in [-0.4, -0.2) is 24.5 Å². The van der Waals surface area contributed by atoms with E-state index in [-0.39, 0.29) is 0 Å². The maximum absolute atomic E-state index is 5.85. The molecule has 1 heterocycles. The topological polar surface area (TPSA) is 28.4 Å². The fourth-order valence-corrected chi connectivity index (χ4v) is 2.19. The zero-order chi connectivity index (χ0) is 14.1. The minimum absolute atomic E-state index is 0.870.